The van der Waals surface area contributed by atoms with Gasteiger partial charge in [-0.05, 0) is 31.5 Å². The number of ketones is 1. The molecule has 2 rings (SSSR count). The Morgan fingerprint density at radius 1 is 1.39 bits per heavy atom. The van der Waals surface area contributed by atoms with Crippen molar-refractivity contribution in [1.29, 1.82) is 0 Å². The largest absolute Gasteiger partial charge is 0.293 e. The van der Waals surface area contributed by atoms with Gasteiger partial charge in [-0.2, -0.15) is 0 Å². The van der Waals surface area contributed by atoms with Gasteiger partial charge in [-0.3, -0.25) is 9.69 Å². The lowest BCUT2D eigenvalue weighted by Gasteiger charge is -2.32. The van der Waals surface area contributed by atoms with Crippen LogP contribution in [0.1, 0.15) is 48.7 Å². The second-order valence-corrected chi connectivity index (χ2v) is 6.60. The molecule has 0 bridgehead atoms. The molecule has 1 aliphatic rings. The van der Waals surface area contributed by atoms with E-state index in [0.717, 1.165) is 11.4 Å². The first kappa shape index (κ1) is 14.0. The Bertz CT molecular complexity index is 398. The minimum absolute atomic E-state index is 0.208. The minimum atomic E-state index is 0.208. The molecule has 1 aromatic rings. The first-order chi connectivity index (χ1) is 8.70. The van der Waals surface area contributed by atoms with Crippen molar-refractivity contribution in [2.45, 2.75) is 45.1 Å². The van der Waals surface area contributed by atoms with Crippen molar-refractivity contribution in [1.82, 2.24) is 4.90 Å². The average molecular weight is 286 g/mol. The minimum Gasteiger partial charge on any atom is -0.293 e. The van der Waals surface area contributed by atoms with Crippen molar-refractivity contribution in [2.24, 2.45) is 0 Å². The Hall–Kier alpha value is -0.380. The summed E-state index contributed by atoms with van der Waals surface area (Å²) in [5.74, 6) is 0.208. The zero-order valence-corrected chi connectivity index (χ0v) is 12.4. The monoisotopic (exact) mass is 285 g/mol. The van der Waals surface area contributed by atoms with E-state index in [2.05, 4.69) is 11.8 Å². The summed E-state index contributed by atoms with van der Waals surface area (Å²) in [6, 6.07) is 4.24. The first-order valence-electron chi connectivity index (χ1n) is 6.73. The van der Waals surface area contributed by atoms with Crippen LogP contribution in [-0.2, 0) is 0 Å². The summed E-state index contributed by atoms with van der Waals surface area (Å²) in [5.41, 5.74) is 0. The second-order valence-electron chi connectivity index (χ2n) is 4.88. The number of carbonyl (C=O) groups is 1. The molecule has 0 aromatic carbocycles. The Balaban J connectivity index is 1.95. The molecule has 0 radical (unpaired) electrons. The van der Waals surface area contributed by atoms with Gasteiger partial charge in [0, 0.05) is 6.04 Å². The molecule has 0 saturated heterocycles. The van der Waals surface area contributed by atoms with E-state index in [1.807, 2.05) is 6.07 Å². The van der Waals surface area contributed by atoms with Crippen molar-refractivity contribution >= 4 is 28.7 Å². The Morgan fingerprint density at radius 3 is 2.67 bits per heavy atom. The van der Waals surface area contributed by atoms with E-state index < -0.39 is 0 Å². The predicted octanol–water partition coefficient (Wildman–Crippen LogP) is 4.24. The number of rotatable bonds is 5. The number of hydrogen-bond donors (Lipinski definition) is 0. The Morgan fingerprint density at radius 2 is 2.11 bits per heavy atom. The summed E-state index contributed by atoms with van der Waals surface area (Å²) in [4.78, 5) is 15.3. The highest BCUT2D eigenvalue weighted by Gasteiger charge is 2.22. The van der Waals surface area contributed by atoms with Gasteiger partial charge in [-0.1, -0.05) is 37.8 Å². The lowest BCUT2D eigenvalue weighted by atomic mass is 9.94. The van der Waals surface area contributed by atoms with Gasteiger partial charge in [0.05, 0.1) is 15.8 Å². The summed E-state index contributed by atoms with van der Waals surface area (Å²) in [7, 11) is 0. The maximum absolute atomic E-state index is 12.2. The van der Waals surface area contributed by atoms with Crippen LogP contribution < -0.4 is 0 Å². The van der Waals surface area contributed by atoms with Crippen LogP contribution in [0, 0.1) is 0 Å². The van der Waals surface area contributed by atoms with E-state index in [4.69, 9.17) is 11.6 Å². The molecule has 4 heteroatoms. The SMILES string of the molecule is CCN(CC(=O)c1ccc(Cl)s1)C1CCCCC1. The van der Waals surface area contributed by atoms with Crippen LogP contribution in [0.2, 0.25) is 4.34 Å². The number of nitrogens with zero attached hydrogens (tertiary/aromatic N) is 1. The summed E-state index contributed by atoms with van der Waals surface area (Å²) >= 11 is 7.26. The highest BCUT2D eigenvalue weighted by Crippen LogP contribution is 2.25. The molecule has 0 N–H and O–H groups in total. The molecule has 0 spiro atoms. The van der Waals surface area contributed by atoms with Gasteiger partial charge in [0.15, 0.2) is 5.78 Å². The third kappa shape index (κ3) is 3.56. The van der Waals surface area contributed by atoms with E-state index in [1.54, 1.807) is 6.07 Å². The molecule has 0 amide bonds. The standard InChI is InChI=1S/C14H20ClNOS/c1-2-16(11-6-4-3-5-7-11)10-12(17)13-8-9-14(15)18-13/h8-9,11H,2-7,10H2,1H3. The molecule has 0 aliphatic heterocycles. The van der Waals surface area contributed by atoms with E-state index in [-0.39, 0.29) is 5.78 Å². The first-order valence-corrected chi connectivity index (χ1v) is 7.92. The van der Waals surface area contributed by atoms with E-state index >= 15 is 0 Å². The maximum Gasteiger partial charge on any atom is 0.186 e. The molecular formula is C14H20ClNOS. The highest BCUT2D eigenvalue weighted by molar-refractivity contribution is 7.18. The summed E-state index contributed by atoms with van der Waals surface area (Å²) in [5, 5.41) is 0. The molecular weight excluding hydrogens is 266 g/mol. The van der Waals surface area contributed by atoms with Crippen LogP contribution in [0.15, 0.2) is 12.1 Å². The lowest BCUT2D eigenvalue weighted by Crippen LogP contribution is -2.40. The van der Waals surface area contributed by atoms with Gasteiger partial charge in [-0.25, -0.2) is 0 Å². The van der Waals surface area contributed by atoms with Crippen LogP contribution in [0.4, 0.5) is 0 Å². The van der Waals surface area contributed by atoms with Crippen LogP contribution in [0.25, 0.3) is 0 Å². The van der Waals surface area contributed by atoms with Crippen molar-refractivity contribution in [3.63, 3.8) is 0 Å². The quantitative estimate of drug-likeness (QED) is 0.754. The van der Waals surface area contributed by atoms with Gasteiger partial charge in [-0.15, -0.1) is 11.3 Å². The molecule has 1 fully saturated rings. The van der Waals surface area contributed by atoms with Crippen molar-refractivity contribution in [3.8, 4) is 0 Å². The van der Waals surface area contributed by atoms with Gasteiger partial charge in [0.1, 0.15) is 0 Å². The zero-order valence-electron chi connectivity index (χ0n) is 10.8. The predicted molar refractivity (Wildman–Crippen MR) is 77.8 cm³/mol. The van der Waals surface area contributed by atoms with Crippen molar-refractivity contribution in [3.05, 3.63) is 21.3 Å². The number of carbonyl (C=O) groups excluding carboxylic acids is 1. The molecule has 1 aliphatic carbocycles. The van der Waals surface area contributed by atoms with Gasteiger partial charge in [0.25, 0.3) is 0 Å². The number of halogens is 1. The van der Waals surface area contributed by atoms with E-state index in [0.29, 0.717) is 16.9 Å². The third-order valence-electron chi connectivity index (χ3n) is 3.69. The maximum atomic E-state index is 12.2. The number of likely N-dealkylation sites (N-methyl/N-ethyl adjacent to an activating group) is 1. The average Bonchev–Trinajstić information content (AvgIpc) is 2.83. The Labute approximate surface area is 118 Å². The van der Waals surface area contributed by atoms with Crippen LogP contribution in [-0.4, -0.2) is 29.8 Å². The normalized spacial score (nSPS) is 17.3. The second kappa shape index (κ2) is 6.69. The van der Waals surface area contributed by atoms with E-state index in [9.17, 15) is 4.79 Å². The van der Waals surface area contributed by atoms with Gasteiger partial charge in [0.2, 0.25) is 0 Å². The summed E-state index contributed by atoms with van der Waals surface area (Å²) in [6.07, 6.45) is 6.45. The molecule has 18 heavy (non-hydrogen) atoms. The zero-order chi connectivity index (χ0) is 13.0. The van der Waals surface area contributed by atoms with Gasteiger partial charge >= 0.3 is 0 Å². The fourth-order valence-electron chi connectivity index (χ4n) is 2.67. The number of Topliss-reactive ketones (excluding diaryl/α,β-unsaturated/α-hetero) is 1. The fraction of sp³-hybridized carbons (Fsp3) is 0.643. The molecule has 2 nitrogen and oxygen atoms in total. The van der Waals surface area contributed by atoms with Crippen molar-refractivity contribution < 1.29 is 4.79 Å². The summed E-state index contributed by atoms with van der Waals surface area (Å²) in [6.45, 7) is 3.64. The van der Waals surface area contributed by atoms with Crippen molar-refractivity contribution in [2.75, 3.05) is 13.1 Å². The van der Waals surface area contributed by atoms with Gasteiger partial charge < -0.3 is 0 Å². The summed E-state index contributed by atoms with van der Waals surface area (Å²) < 4.78 is 0.694. The van der Waals surface area contributed by atoms with Crippen LogP contribution in [0.5, 0.6) is 0 Å². The molecule has 100 valence electrons. The highest BCUT2D eigenvalue weighted by atomic mass is 35.5. The molecule has 0 unspecified atom stereocenters. The molecule has 0 atom stereocenters. The molecule has 1 saturated carbocycles. The fourth-order valence-corrected chi connectivity index (χ4v) is 3.64. The van der Waals surface area contributed by atoms with Crippen LogP contribution >= 0.6 is 22.9 Å². The molecule has 1 aromatic heterocycles. The lowest BCUT2D eigenvalue weighted by molar-refractivity contribution is 0.0872. The third-order valence-corrected chi connectivity index (χ3v) is 4.96. The number of thiophene rings is 1. The van der Waals surface area contributed by atoms with E-state index in [1.165, 1.54) is 43.4 Å². The molecule has 1 heterocycles. The van der Waals surface area contributed by atoms with Crippen LogP contribution in [0.3, 0.4) is 0 Å². The Kier molecular flexibility index (Phi) is 5.22. The number of hydrogen-bond acceptors (Lipinski definition) is 3. The topological polar surface area (TPSA) is 20.3 Å². The smallest absolute Gasteiger partial charge is 0.186 e.